The maximum Gasteiger partial charge on any atom is 0.249 e. The second-order valence-corrected chi connectivity index (χ2v) is 2.82. The monoisotopic (exact) mass is 200 g/mol. The van der Waals surface area contributed by atoms with E-state index in [4.69, 9.17) is 11.6 Å². The van der Waals surface area contributed by atoms with E-state index in [-0.39, 0.29) is 23.7 Å². The normalized spacial score (nSPS) is 12.2. The van der Waals surface area contributed by atoms with Crippen molar-refractivity contribution in [1.82, 2.24) is 15.2 Å². The number of carbonyl (C=O) groups is 1. The van der Waals surface area contributed by atoms with Crippen LogP contribution in [0.5, 0.6) is 0 Å². The zero-order chi connectivity index (χ0) is 9.68. The molecule has 0 aliphatic heterocycles. The summed E-state index contributed by atoms with van der Waals surface area (Å²) in [4.78, 5) is 15.0. The number of carbonyl (C=O) groups excluding carboxylic acids is 1. The fourth-order valence-corrected chi connectivity index (χ4v) is 0.748. The highest BCUT2D eigenvalue weighted by Crippen LogP contribution is 2.01. The number of amides is 1. The fraction of sp³-hybridized carbons (Fsp3) is 0.429. The summed E-state index contributed by atoms with van der Waals surface area (Å²) in [6, 6.07) is 0. The van der Waals surface area contributed by atoms with Gasteiger partial charge in [-0.1, -0.05) is 6.92 Å². The minimum Gasteiger partial charge on any atom is -0.293 e. The third-order valence-electron chi connectivity index (χ3n) is 1.40. The quantitative estimate of drug-likeness (QED) is 0.729. The van der Waals surface area contributed by atoms with Crippen LogP contribution in [0, 0.1) is 5.92 Å². The fourth-order valence-electron chi connectivity index (χ4n) is 0.608. The van der Waals surface area contributed by atoms with Gasteiger partial charge in [-0.2, -0.15) is 5.10 Å². The summed E-state index contributed by atoms with van der Waals surface area (Å²) in [5, 5.41) is 9.65. The lowest BCUT2D eigenvalue weighted by Crippen LogP contribution is -2.22. The van der Waals surface area contributed by atoms with E-state index >= 15 is 0 Å². The van der Waals surface area contributed by atoms with Gasteiger partial charge in [0.1, 0.15) is 0 Å². The van der Waals surface area contributed by atoms with E-state index in [0.717, 1.165) is 0 Å². The minimum absolute atomic E-state index is 0.199. The molecule has 0 aliphatic rings. The van der Waals surface area contributed by atoms with Gasteiger partial charge in [0.2, 0.25) is 11.9 Å². The largest absolute Gasteiger partial charge is 0.293 e. The first-order chi connectivity index (χ1) is 6.24. The molecule has 0 saturated heterocycles. The van der Waals surface area contributed by atoms with Crippen LogP contribution in [0.15, 0.2) is 12.4 Å². The van der Waals surface area contributed by atoms with Crippen molar-refractivity contribution in [1.29, 1.82) is 0 Å². The zero-order valence-electron chi connectivity index (χ0n) is 7.07. The Kier molecular flexibility index (Phi) is 3.57. The molecule has 6 heteroatoms. The number of rotatable bonds is 3. The molecule has 1 aromatic heterocycles. The molecular weight excluding hydrogens is 192 g/mol. The van der Waals surface area contributed by atoms with Gasteiger partial charge in [-0.05, 0) is 0 Å². The first kappa shape index (κ1) is 9.85. The number of aromatic nitrogens is 3. The molecule has 0 bridgehead atoms. The van der Waals surface area contributed by atoms with E-state index in [2.05, 4.69) is 20.5 Å². The summed E-state index contributed by atoms with van der Waals surface area (Å²) in [5.74, 6) is 0.00414. The van der Waals surface area contributed by atoms with Crippen LogP contribution in [0.4, 0.5) is 5.95 Å². The van der Waals surface area contributed by atoms with Gasteiger partial charge in [-0.15, -0.1) is 16.7 Å². The predicted molar refractivity (Wildman–Crippen MR) is 48.3 cm³/mol. The molecule has 1 unspecified atom stereocenters. The van der Waals surface area contributed by atoms with Crippen molar-refractivity contribution in [3.8, 4) is 0 Å². The standard InChI is InChI=1S/C7H9ClN4O/c1-5(4-8)6(13)11-7-9-2-3-10-12-7/h2-3,5H,4H2,1H3,(H,9,11,12,13). The molecule has 0 radical (unpaired) electrons. The molecule has 5 nitrogen and oxygen atoms in total. The Bertz CT molecular complexity index is 279. The average Bonchev–Trinajstić information content (AvgIpc) is 2.18. The maximum atomic E-state index is 11.2. The summed E-state index contributed by atoms with van der Waals surface area (Å²) in [6.45, 7) is 1.72. The number of hydrogen-bond acceptors (Lipinski definition) is 4. The first-order valence-corrected chi connectivity index (χ1v) is 4.28. The van der Waals surface area contributed by atoms with Gasteiger partial charge in [0.05, 0.1) is 12.4 Å². The highest BCUT2D eigenvalue weighted by Gasteiger charge is 2.12. The highest BCUT2D eigenvalue weighted by molar-refractivity contribution is 6.19. The number of nitrogens with one attached hydrogen (secondary N) is 1. The van der Waals surface area contributed by atoms with E-state index < -0.39 is 0 Å². The van der Waals surface area contributed by atoms with Crippen molar-refractivity contribution in [2.75, 3.05) is 11.2 Å². The van der Waals surface area contributed by atoms with E-state index in [1.54, 1.807) is 6.92 Å². The highest BCUT2D eigenvalue weighted by atomic mass is 35.5. The van der Waals surface area contributed by atoms with Crippen molar-refractivity contribution >= 4 is 23.5 Å². The van der Waals surface area contributed by atoms with E-state index in [1.807, 2.05) is 0 Å². The van der Waals surface area contributed by atoms with Gasteiger partial charge in [0.15, 0.2) is 0 Å². The lowest BCUT2D eigenvalue weighted by Gasteiger charge is -2.05. The zero-order valence-corrected chi connectivity index (χ0v) is 7.82. The summed E-state index contributed by atoms with van der Waals surface area (Å²) in [6.07, 6.45) is 2.88. The van der Waals surface area contributed by atoms with Gasteiger partial charge in [0.25, 0.3) is 0 Å². The van der Waals surface area contributed by atoms with Gasteiger partial charge < -0.3 is 0 Å². The molecule has 1 heterocycles. The number of alkyl halides is 1. The summed E-state index contributed by atoms with van der Waals surface area (Å²) in [7, 11) is 0. The van der Waals surface area contributed by atoms with E-state index in [9.17, 15) is 4.79 Å². The second-order valence-electron chi connectivity index (χ2n) is 2.51. The number of halogens is 1. The van der Waals surface area contributed by atoms with Crippen LogP contribution in [-0.2, 0) is 4.79 Å². The lowest BCUT2D eigenvalue weighted by molar-refractivity contribution is -0.118. The minimum atomic E-state index is -0.259. The van der Waals surface area contributed by atoms with Crippen molar-refractivity contribution in [2.45, 2.75) is 6.92 Å². The molecule has 1 aromatic rings. The van der Waals surface area contributed by atoms with Crippen LogP contribution in [0.3, 0.4) is 0 Å². The molecule has 1 rings (SSSR count). The Labute approximate surface area is 80.5 Å². The third kappa shape index (κ3) is 2.95. The summed E-state index contributed by atoms with van der Waals surface area (Å²) >= 11 is 5.50. The van der Waals surface area contributed by atoms with Crippen LogP contribution in [0.25, 0.3) is 0 Å². The number of anilines is 1. The Hall–Kier alpha value is -1.23. The first-order valence-electron chi connectivity index (χ1n) is 3.74. The van der Waals surface area contributed by atoms with Gasteiger partial charge in [-0.3, -0.25) is 10.1 Å². The van der Waals surface area contributed by atoms with Crippen molar-refractivity contribution < 1.29 is 4.79 Å². The Balaban J connectivity index is 2.55. The Morgan fingerprint density at radius 1 is 1.69 bits per heavy atom. The molecule has 1 N–H and O–H groups in total. The molecule has 1 atom stereocenters. The summed E-state index contributed by atoms with van der Waals surface area (Å²) in [5.41, 5.74) is 0. The lowest BCUT2D eigenvalue weighted by atomic mass is 10.2. The molecule has 0 fully saturated rings. The van der Waals surface area contributed by atoms with Crippen molar-refractivity contribution in [3.63, 3.8) is 0 Å². The molecule has 13 heavy (non-hydrogen) atoms. The number of hydrogen-bond donors (Lipinski definition) is 1. The van der Waals surface area contributed by atoms with Crippen LogP contribution in [0.1, 0.15) is 6.92 Å². The molecule has 0 aromatic carbocycles. The molecule has 0 aliphatic carbocycles. The second kappa shape index (κ2) is 4.71. The molecular formula is C7H9ClN4O. The van der Waals surface area contributed by atoms with Crippen LogP contribution >= 0.6 is 11.6 Å². The smallest absolute Gasteiger partial charge is 0.249 e. The third-order valence-corrected chi connectivity index (χ3v) is 1.86. The van der Waals surface area contributed by atoms with E-state index in [1.165, 1.54) is 12.4 Å². The molecule has 0 saturated carbocycles. The molecule has 0 spiro atoms. The van der Waals surface area contributed by atoms with Gasteiger partial charge in [0, 0.05) is 11.8 Å². The van der Waals surface area contributed by atoms with E-state index in [0.29, 0.717) is 0 Å². The van der Waals surface area contributed by atoms with Gasteiger partial charge in [-0.25, -0.2) is 4.98 Å². The number of nitrogens with zero attached hydrogens (tertiary/aromatic N) is 3. The van der Waals surface area contributed by atoms with Crippen LogP contribution in [0.2, 0.25) is 0 Å². The topological polar surface area (TPSA) is 67.8 Å². The Morgan fingerprint density at radius 3 is 3.00 bits per heavy atom. The predicted octanol–water partition coefficient (Wildman–Crippen LogP) is 0.685. The summed E-state index contributed by atoms with van der Waals surface area (Å²) < 4.78 is 0. The van der Waals surface area contributed by atoms with Crippen molar-refractivity contribution in [3.05, 3.63) is 12.4 Å². The maximum absolute atomic E-state index is 11.2. The SMILES string of the molecule is CC(CCl)C(=O)Nc1nccnn1. The van der Waals surface area contributed by atoms with Crippen LogP contribution in [-0.4, -0.2) is 27.0 Å². The average molecular weight is 201 g/mol. The van der Waals surface area contributed by atoms with Gasteiger partial charge >= 0.3 is 0 Å². The Morgan fingerprint density at radius 2 is 2.46 bits per heavy atom. The molecule has 70 valence electrons. The van der Waals surface area contributed by atoms with Crippen molar-refractivity contribution in [2.24, 2.45) is 5.92 Å². The van der Waals surface area contributed by atoms with Crippen LogP contribution < -0.4 is 5.32 Å². The molecule has 1 amide bonds.